The first-order valence-corrected chi connectivity index (χ1v) is 8.49. The molecule has 27 heavy (non-hydrogen) atoms. The first kappa shape index (κ1) is 16.7. The third-order valence-corrected chi connectivity index (χ3v) is 3.97. The molecule has 1 atom stereocenters. The van der Waals surface area contributed by atoms with Crippen LogP contribution in [-0.2, 0) is 4.79 Å². The average molecular weight is 359 g/mol. The molecular weight excluding hydrogens is 342 g/mol. The second-order valence-electron chi connectivity index (χ2n) is 5.93. The molecule has 134 valence electrons. The lowest BCUT2D eigenvalue weighted by atomic mass is 10.3. The normalized spacial score (nSPS) is 11.9. The van der Waals surface area contributed by atoms with E-state index in [1.165, 1.54) is 0 Å². The molecule has 0 unspecified atom stereocenters. The Morgan fingerprint density at radius 1 is 1.11 bits per heavy atom. The molecule has 7 nitrogen and oxygen atoms in total. The van der Waals surface area contributed by atoms with Crippen molar-refractivity contribution < 1.29 is 9.53 Å². The van der Waals surface area contributed by atoms with E-state index in [2.05, 4.69) is 20.4 Å². The summed E-state index contributed by atoms with van der Waals surface area (Å²) in [6.45, 7) is 1.70. The van der Waals surface area contributed by atoms with E-state index < -0.39 is 6.10 Å². The summed E-state index contributed by atoms with van der Waals surface area (Å²) in [5.41, 5.74) is 1.92. The number of pyridine rings is 2. The molecule has 0 spiro atoms. The van der Waals surface area contributed by atoms with Crippen molar-refractivity contribution in [2.75, 3.05) is 5.32 Å². The number of anilines is 1. The lowest BCUT2D eigenvalue weighted by Gasteiger charge is -2.14. The Labute approximate surface area is 155 Å². The number of nitrogens with one attached hydrogen (secondary N) is 1. The van der Waals surface area contributed by atoms with E-state index in [4.69, 9.17) is 4.74 Å². The number of benzene rings is 1. The van der Waals surface area contributed by atoms with Crippen LogP contribution in [0.2, 0.25) is 0 Å². The van der Waals surface area contributed by atoms with Crippen molar-refractivity contribution >= 4 is 17.2 Å². The molecular formula is C20H17N5O2. The number of ether oxygens (including phenoxy) is 1. The van der Waals surface area contributed by atoms with Crippen LogP contribution < -0.4 is 10.1 Å². The number of hydrogen-bond donors (Lipinski definition) is 1. The maximum Gasteiger partial charge on any atom is 0.265 e. The van der Waals surface area contributed by atoms with E-state index in [0.29, 0.717) is 22.9 Å². The maximum absolute atomic E-state index is 12.5. The third kappa shape index (κ3) is 3.62. The van der Waals surface area contributed by atoms with Gasteiger partial charge in [0.15, 0.2) is 17.6 Å². The molecule has 4 rings (SSSR count). The molecule has 0 radical (unpaired) electrons. The minimum Gasteiger partial charge on any atom is -0.481 e. The highest BCUT2D eigenvalue weighted by Gasteiger charge is 2.17. The summed E-state index contributed by atoms with van der Waals surface area (Å²) >= 11 is 0. The van der Waals surface area contributed by atoms with Gasteiger partial charge in [-0.15, -0.1) is 5.10 Å². The van der Waals surface area contributed by atoms with Gasteiger partial charge in [0.1, 0.15) is 5.75 Å². The summed E-state index contributed by atoms with van der Waals surface area (Å²) < 4.78 is 7.30. The van der Waals surface area contributed by atoms with Gasteiger partial charge in [-0.25, -0.2) is 9.50 Å². The zero-order valence-corrected chi connectivity index (χ0v) is 14.6. The Hall–Kier alpha value is -3.74. The quantitative estimate of drug-likeness (QED) is 0.592. The summed E-state index contributed by atoms with van der Waals surface area (Å²) in [7, 11) is 0. The molecule has 0 aliphatic rings. The van der Waals surface area contributed by atoms with Gasteiger partial charge in [0.05, 0.1) is 5.69 Å². The Kier molecular flexibility index (Phi) is 4.49. The molecule has 1 N–H and O–H groups in total. The van der Waals surface area contributed by atoms with Gasteiger partial charge in [-0.1, -0.05) is 18.2 Å². The monoisotopic (exact) mass is 359 g/mol. The van der Waals surface area contributed by atoms with E-state index in [9.17, 15) is 4.79 Å². The molecule has 0 aliphatic heterocycles. The highest BCUT2D eigenvalue weighted by Crippen LogP contribution is 2.20. The molecule has 0 saturated carbocycles. The minimum absolute atomic E-state index is 0.266. The minimum atomic E-state index is -0.659. The van der Waals surface area contributed by atoms with Crippen LogP contribution in [0.5, 0.6) is 5.75 Å². The number of hydrogen-bond acceptors (Lipinski definition) is 5. The first-order valence-electron chi connectivity index (χ1n) is 8.49. The lowest BCUT2D eigenvalue weighted by molar-refractivity contribution is -0.122. The molecule has 1 amide bonds. The fourth-order valence-corrected chi connectivity index (χ4v) is 2.61. The second-order valence-corrected chi connectivity index (χ2v) is 5.93. The standard InChI is InChI=1S/C20H17N5O2/c1-14(27-16-8-3-2-4-9-16)20(26)22-17-10-6-12-25-19(17)23-18(24-25)15-7-5-11-21-13-15/h2-14H,1H3,(H,22,26)/t14-/m0/s1. The van der Waals surface area contributed by atoms with Crippen molar-refractivity contribution in [1.29, 1.82) is 0 Å². The summed E-state index contributed by atoms with van der Waals surface area (Å²) in [5, 5.41) is 7.31. The maximum atomic E-state index is 12.5. The van der Waals surface area contributed by atoms with Gasteiger partial charge in [0.2, 0.25) is 0 Å². The molecule has 4 aromatic rings. The Morgan fingerprint density at radius 3 is 2.74 bits per heavy atom. The zero-order valence-electron chi connectivity index (χ0n) is 14.6. The number of para-hydroxylation sites is 1. The van der Waals surface area contributed by atoms with Crippen LogP contribution in [0, 0.1) is 0 Å². The van der Waals surface area contributed by atoms with Crippen LogP contribution in [0.3, 0.4) is 0 Å². The predicted octanol–water partition coefficient (Wildman–Crippen LogP) is 3.20. The third-order valence-electron chi connectivity index (χ3n) is 3.97. The fourth-order valence-electron chi connectivity index (χ4n) is 2.61. The number of fused-ring (bicyclic) bond motifs is 1. The molecule has 1 aromatic carbocycles. The Morgan fingerprint density at radius 2 is 1.96 bits per heavy atom. The van der Waals surface area contributed by atoms with Crippen LogP contribution in [-0.4, -0.2) is 31.6 Å². The van der Waals surface area contributed by atoms with E-state index in [1.54, 1.807) is 42.2 Å². The highest BCUT2D eigenvalue weighted by molar-refractivity contribution is 5.97. The number of amides is 1. The van der Waals surface area contributed by atoms with Crippen LogP contribution in [0.4, 0.5) is 5.69 Å². The largest absolute Gasteiger partial charge is 0.481 e. The second kappa shape index (κ2) is 7.25. The molecule has 0 aliphatic carbocycles. The first-order chi connectivity index (χ1) is 13.2. The SMILES string of the molecule is C[C@H](Oc1ccccc1)C(=O)Nc1cccn2nc(-c3cccnc3)nc12. The van der Waals surface area contributed by atoms with E-state index in [-0.39, 0.29) is 5.91 Å². The van der Waals surface area contributed by atoms with Crippen LogP contribution in [0.15, 0.2) is 73.2 Å². The molecule has 3 aromatic heterocycles. The average Bonchev–Trinajstić information content (AvgIpc) is 3.15. The summed E-state index contributed by atoms with van der Waals surface area (Å²) in [4.78, 5) is 21.2. The number of nitrogens with zero attached hydrogens (tertiary/aromatic N) is 4. The molecule has 0 fully saturated rings. The number of carbonyl (C=O) groups excluding carboxylic acids is 1. The van der Waals surface area contributed by atoms with E-state index >= 15 is 0 Å². The zero-order chi connectivity index (χ0) is 18.6. The van der Waals surface area contributed by atoms with Gasteiger partial charge in [0, 0.05) is 24.2 Å². The van der Waals surface area contributed by atoms with Crippen molar-refractivity contribution in [3.63, 3.8) is 0 Å². The number of rotatable bonds is 5. The number of aromatic nitrogens is 4. The van der Waals surface area contributed by atoms with E-state index in [0.717, 1.165) is 5.56 Å². The Bertz CT molecular complexity index is 1060. The summed E-state index contributed by atoms with van der Waals surface area (Å²) in [6.07, 6.45) is 4.51. The van der Waals surface area contributed by atoms with Crippen molar-refractivity contribution in [2.24, 2.45) is 0 Å². The van der Waals surface area contributed by atoms with Crippen LogP contribution in [0.25, 0.3) is 17.0 Å². The lowest BCUT2D eigenvalue weighted by Crippen LogP contribution is -2.30. The number of carbonyl (C=O) groups is 1. The summed E-state index contributed by atoms with van der Waals surface area (Å²) in [6, 6.07) is 16.5. The molecule has 3 heterocycles. The summed E-state index contributed by atoms with van der Waals surface area (Å²) in [5.74, 6) is 0.913. The highest BCUT2D eigenvalue weighted by atomic mass is 16.5. The Balaban J connectivity index is 1.56. The van der Waals surface area contributed by atoms with Gasteiger partial charge < -0.3 is 10.1 Å². The molecule has 7 heteroatoms. The van der Waals surface area contributed by atoms with E-state index in [1.807, 2.05) is 42.5 Å². The van der Waals surface area contributed by atoms with Gasteiger partial charge in [-0.3, -0.25) is 9.78 Å². The van der Waals surface area contributed by atoms with Crippen molar-refractivity contribution in [3.8, 4) is 17.1 Å². The van der Waals surface area contributed by atoms with Crippen molar-refractivity contribution in [3.05, 3.63) is 73.2 Å². The fraction of sp³-hybridized carbons (Fsp3) is 0.100. The van der Waals surface area contributed by atoms with Crippen LogP contribution >= 0.6 is 0 Å². The van der Waals surface area contributed by atoms with Crippen LogP contribution in [0.1, 0.15) is 6.92 Å². The van der Waals surface area contributed by atoms with Crippen molar-refractivity contribution in [2.45, 2.75) is 13.0 Å². The predicted molar refractivity (Wildman–Crippen MR) is 101 cm³/mol. The van der Waals surface area contributed by atoms with Gasteiger partial charge >= 0.3 is 0 Å². The topological polar surface area (TPSA) is 81.4 Å². The smallest absolute Gasteiger partial charge is 0.265 e. The van der Waals surface area contributed by atoms with Gasteiger partial charge in [-0.05, 0) is 43.3 Å². The van der Waals surface area contributed by atoms with Gasteiger partial charge in [-0.2, -0.15) is 0 Å². The molecule has 0 saturated heterocycles. The molecule has 0 bridgehead atoms. The van der Waals surface area contributed by atoms with Gasteiger partial charge in [0.25, 0.3) is 5.91 Å². The van der Waals surface area contributed by atoms with Crippen molar-refractivity contribution in [1.82, 2.24) is 19.6 Å².